The highest BCUT2D eigenvalue weighted by Gasteiger charge is 2.55. The maximum atomic E-state index is 14.0. The van der Waals surface area contributed by atoms with Gasteiger partial charge in [-0.25, -0.2) is 0 Å². The Bertz CT molecular complexity index is 894. The van der Waals surface area contributed by atoms with Crippen molar-refractivity contribution in [2.24, 2.45) is 35.5 Å². The predicted molar refractivity (Wildman–Crippen MR) is 157 cm³/mol. The van der Waals surface area contributed by atoms with Gasteiger partial charge in [0.05, 0.1) is 54.2 Å². The first-order chi connectivity index (χ1) is 19.1. The molecule has 3 aliphatic heterocycles. The van der Waals surface area contributed by atoms with Gasteiger partial charge in [0, 0.05) is 17.8 Å². The van der Waals surface area contributed by atoms with Crippen LogP contribution < -0.4 is 0 Å². The molecule has 0 aliphatic carbocycles. The number of aliphatic hydroxyl groups excluding tert-OH is 1. The minimum absolute atomic E-state index is 0.00723. The zero-order valence-corrected chi connectivity index (χ0v) is 27.0. The van der Waals surface area contributed by atoms with Crippen molar-refractivity contribution < 1.29 is 39.1 Å². The maximum Gasteiger partial charge on any atom is 0.305 e. The molecule has 0 unspecified atom stereocenters. The third kappa shape index (κ3) is 7.03. The van der Waals surface area contributed by atoms with E-state index in [2.05, 4.69) is 20.8 Å². The van der Waals surface area contributed by atoms with E-state index in [1.54, 1.807) is 6.92 Å². The average Bonchev–Trinajstić information content (AvgIpc) is 3.27. The van der Waals surface area contributed by atoms with Crippen LogP contribution in [0.3, 0.4) is 0 Å². The second-order valence-corrected chi connectivity index (χ2v) is 13.9. The Labute approximate surface area is 247 Å². The van der Waals surface area contributed by atoms with E-state index in [1.165, 1.54) is 0 Å². The minimum atomic E-state index is -0.912. The van der Waals surface area contributed by atoms with Crippen LogP contribution >= 0.6 is 0 Å². The fraction of sp³-hybridized carbons (Fsp3) is 0.939. The molecule has 0 spiro atoms. The van der Waals surface area contributed by atoms with Crippen LogP contribution in [-0.2, 0) is 23.8 Å². The summed E-state index contributed by atoms with van der Waals surface area (Å²) < 4.78 is 19.6. The van der Waals surface area contributed by atoms with Crippen molar-refractivity contribution in [3.63, 3.8) is 0 Å². The molecule has 3 fully saturated rings. The van der Waals surface area contributed by atoms with Gasteiger partial charge in [0.2, 0.25) is 0 Å². The molecule has 41 heavy (non-hydrogen) atoms. The fourth-order valence-electron chi connectivity index (χ4n) is 8.27. The summed E-state index contributed by atoms with van der Waals surface area (Å²) in [6.07, 6.45) is 2.67. The highest BCUT2D eigenvalue weighted by molar-refractivity contribution is 5.84. The van der Waals surface area contributed by atoms with Crippen molar-refractivity contribution in [2.75, 3.05) is 0 Å². The van der Waals surface area contributed by atoms with Gasteiger partial charge < -0.3 is 29.5 Å². The molecule has 3 rings (SSSR count). The summed E-state index contributed by atoms with van der Waals surface area (Å²) in [5, 5.41) is 31.7. The van der Waals surface area contributed by atoms with Crippen molar-refractivity contribution in [1.29, 1.82) is 0 Å². The van der Waals surface area contributed by atoms with Crippen LogP contribution in [0.15, 0.2) is 0 Å². The lowest BCUT2D eigenvalue weighted by molar-refractivity contribution is -0.229. The molecule has 238 valence electrons. The number of hydrogen-bond donors (Lipinski definition) is 3. The number of carbonyl (C=O) groups excluding carboxylic acids is 1. The van der Waals surface area contributed by atoms with Gasteiger partial charge in [-0.2, -0.15) is 0 Å². The summed E-state index contributed by atoms with van der Waals surface area (Å²) in [6.45, 7) is 18.0. The number of ketones is 1. The van der Waals surface area contributed by atoms with E-state index in [0.29, 0.717) is 19.3 Å². The SMILES string of the molecule is CC[C@@H](C(=O)[C@H](C)[C@H](O)[C@@H](C)[C@H]1O[C@H](CC(=O)O)[C@H](C)C[C@H]1C)[C@H]1O[C@](CC)([C@H]2CC[C@](O)(CC)[C@H](C)O2)C[C@@H]1C. The molecular formula is C33H58O8. The Kier molecular flexibility index (Phi) is 11.5. The zero-order valence-electron chi connectivity index (χ0n) is 27.0. The molecule has 3 heterocycles. The van der Waals surface area contributed by atoms with E-state index >= 15 is 0 Å². The third-order valence-electron chi connectivity index (χ3n) is 11.2. The average molecular weight is 583 g/mol. The van der Waals surface area contributed by atoms with Crippen LogP contribution in [0.1, 0.15) is 114 Å². The molecule has 0 radical (unpaired) electrons. The van der Waals surface area contributed by atoms with E-state index in [9.17, 15) is 24.9 Å². The molecule has 0 aromatic carbocycles. The summed E-state index contributed by atoms with van der Waals surface area (Å²) in [4.78, 5) is 25.4. The second kappa shape index (κ2) is 13.7. The Morgan fingerprint density at radius 2 is 1.61 bits per heavy atom. The lowest BCUT2D eigenvalue weighted by atomic mass is 9.74. The van der Waals surface area contributed by atoms with Gasteiger partial charge in [-0.15, -0.1) is 0 Å². The Hall–Kier alpha value is -1.06. The number of carbonyl (C=O) groups is 2. The summed E-state index contributed by atoms with van der Waals surface area (Å²) in [6, 6.07) is 0. The molecule has 0 amide bonds. The number of rotatable bonds is 12. The number of ether oxygens (including phenoxy) is 3. The molecule has 0 saturated carbocycles. The monoisotopic (exact) mass is 582 g/mol. The largest absolute Gasteiger partial charge is 0.481 e. The molecule has 0 aromatic heterocycles. The van der Waals surface area contributed by atoms with Gasteiger partial charge in [-0.1, -0.05) is 55.4 Å². The molecular weight excluding hydrogens is 524 g/mol. The zero-order chi connectivity index (χ0) is 30.9. The first-order valence-corrected chi connectivity index (χ1v) is 16.3. The second-order valence-electron chi connectivity index (χ2n) is 13.9. The van der Waals surface area contributed by atoms with Gasteiger partial charge >= 0.3 is 5.97 Å². The van der Waals surface area contributed by atoms with Gasteiger partial charge in [-0.3, -0.25) is 9.59 Å². The van der Waals surface area contributed by atoms with E-state index in [4.69, 9.17) is 14.2 Å². The number of Topliss-reactive ketones (excluding diaryl/α,β-unsaturated/α-hetero) is 1. The molecule has 8 heteroatoms. The highest BCUT2D eigenvalue weighted by Crippen LogP contribution is 2.48. The van der Waals surface area contributed by atoms with Crippen LogP contribution in [0, 0.1) is 35.5 Å². The van der Waals surface area contributed by atoms with Crippen molar-refractivity contribution in [1.82, 2.24) is 0 Å². The van der Waals surface area contributed by atoms with Crippen molar-refractivity contribution in [2.45, 2.75) is 162 Å². The topological polar surface area (TPSA) is 123 Å². The van der Waals surface area contributed by atoms with Crippen LogP contribution in [0.5, 0.6) is 0 Å². The fourth-order valence-corrected chi connectivity index (χ4v) is 8.27. The van der Waals surface area contributed by atoms with Crippen molar-refractivity contribution in [3.8, 4) is 0 Å². The number of carboxylic acid groups (broad SMARTS) is 1. The normalized spacial score (nSPS) is 42.8. The maximum absolute atomic E-state index is 14.0. The summed E-state index contributed by atoms with van der Waals surface area (Å²) in [7, 11) is 0. The molecule has 0 bridgehead atoms. The van der Waals surface area contributed by atoms with E-state index < -0.39 is 35.3 Å². The summed E-state index contributed by atoms with van der Waals surface area (Å²) in [5.41, 5.74) is -1.32. The van der Waals surface area contributed by atoms with Crippen molar-refractivity contribution in [3.05, 3.63) is 0 Å². The van der Waals surface area contributed by atoms with Crippen LogP contribution in [0.25, 0.3) is 0 Å². The first kappa shape index (κ1) is 34.4. The Balaban J connectivity index is 1.72. The lowest BCUT2D eigenvalue weighted by Crippen LogP contribution is -2.55. The predicted octanol–water partition coefficient (Wildman–Crippen LogP) is 5.40. The van der Waals surface area contributed by atoms with Crippen molar-refractivity contribution >= 4 is 11.8 Å². The number of aliphatic hydroxyl groups is 2. The molecule has 3 N–H and O–H groups in total. The molecule has 0 aromatic rings. The van der Waals surface area contributed by atoms with Crippen LogP contribution in [-0.4, -0.2) is 74.9 Å². The summed E-state index contributed by atoms with van der Waals surface area (Å²) >= 11 is 0. The molecule has 3 aliphatic rings. The van der Waals surface area contributed by atoms with E-state index in [0.717, 1.165) is 25.7 Å². The third-order valence-corrected chi connectivity index (χ3v) is 11.2. The molecule has 3 saturated heterocycles. The number of hydrogen-bond acceptors (Lipinski definition) is 7. The molecule has 14 atom stereocenters. The minimum Gasteiger partial charge on any atom is -0.481 e. The lowest BCUT2D eigenvalue weighted by Gasteiger charge is -2.47. The highest BCUT2D eigenvalue weighted by atomic mass is 16.6. The van der Waals surface area contributed by atoms with Gasteiger partial charge in [-0.05, 0) is 69.6 Å². The van der Waals surface area contributed by atoms with Crippen LogP contribution in [0.4, 0.5) is 0 Å². The van der Waals surface area contributed by atoms with E-state index in [1.807, 2.05) is 34.6 Å². The smallest absolute Gasteiger partial charge is 0.305 e. The van der Waals surface area contributed by atoms with Crippen LogP contribution in [0.2, 0.25) is 0 Å². The van der Waals surface area contributed by atoms with E-state index in [-0.39, 0.29) is 66.2 Å². The quantitative estimate of drug-likeness (QED) is 0.280. The van der Waals surface area contributed by atoms with Gasteiger partial charge in [0.1, 0.15) is 5.78 Å². The number of aliphatic carboxylic acids is 1. The summed E-state index contributed by atoms with van der Waals surface area (Å²) in [5.74, 6) is -1.75. The Morgan fingerprint density at radius 3 is 2.15 bits per heavy atom. The molecule has 8 nitrogen and oxygen atoms in total. The first-order valence-electron chi connectivity index (χ1n) is 16.3. The standard InChI is InChI=1S/C33H58O8/c1-10-24(31-20(6)17-33(12-3,41-31)26-13-14-32(38,11-2)23(9)39-26)29(37)21(7)28(36)22(8)30-19(5)15-18(4)25(40-30)16-27(34)35/h18-26,28,30-31,36,38H,10-17H2,1-9H3,(H,34,35)/t18-,19-,20+,21-,22-,23+,24+,25-,26-,28+,30+,31+,32-,33+/m1/s1. The number of carboxylic acids is 1. The van der Waals surface area contributed by atoms with Gasteiger partial charge in [0.15, 0.2) is 0 Å². The Morgan fingerprint density at radius 1 is 0.951 bits per heavy atom. The van der Waals surface area contributed by atoms with Gasteiger partial charge in [0.25, 0.3) is 0 Å².